The summed E-state index contributed by atoms with van der Waals surface area (Å²) in [7, 11) is 0. The first-order valence-corrected chi connectivity index (χ1v) is 12.8. The van der Waals surface area contributed by atoms with Gasteiger partial charge in [0.05, 0.1) is 11.0 Å². The minimum absolute atomic E-state index is 0.886. The van der Waals surface area contributed by atoms with Gasteiger partial charge in [0.1, 0.15) is 17.3 Å². The van der Waals surface area contributed by atoms with E-state index in [2.05, 4.69) is 126 Å². The number of imidazole rings is 1. The van der Waals surface area contributed by atoms with Crippen LogP contribution in [0.25, 0.3) is 61.1 Å². The average Bonchev–Trinajstić information content (AvgIpc) is 3.38. The summed E-state index contributed by atoms with van der Waals surface area (Å²) < 4.78 is 8.68. The molecule has 38 heavy (non-hydrogen) atoms. The van der Waals surface area contributed by atoms with Crippen LogP contribution in [0.4, 0.5) is 0 Å². The molecular weight excluding hydrogens is 464 g/mol. The Labute approximate surface area is 220 Å². The Balaban J connectivity index is 1.27. The number of ether oxygens (including phenoxy) is 1. The van der Waals surface area contributed by atoms with Crippen LogP contribution in [-0.4, -0.2) is 9.55 Å². The van der Waals surface area contributed by atoms with E-state index in [1.165, 1.54) is 16.3 Å². The molecule has 3 heteroatoms. The Morgan fingerprint density at radius 1 is 0.526 bits per heavy atom. The van der Waals surface area contributed by atoms with Crippen LogP contribution < -0.4 is 4.74 Å². The first-order valence-electron chi connectivity index (χ1n) is 12.8. The monoisotopic (exact) mass is 486 g/mol. The molecule has 0 spiro atoms. The fraction of sp³-hybridized carbons (Fsp3) is 0. The van der Waals surface area contributed by atoms with Crippen molar-refractivity contribution in [3.63, 3.8) is 0 Å². The van der Waals surface area contributed by atoms with Crippen LogP contribution in [0.3, 0.4) is 0 Å². The third-order valence-electron chi connectivity index (χ3n) is 7.39. The normalized spacial score (nSPS) is 11.9. The number of hydrogen-bond acceptors (Lipinski definition) is 2. The molecule has 0 aliphatic carbocycles. The first-order chi connectivity index (χ1) is 18.8. The molecule has 0 fully saturated rings. The fourth-order valence-corrected chi connectivity index (χ4v) is 5.64. The molecule has 2 heterocycles. The zero-order valence-electron chi connectivity index (χ0n) is 20.5. The zero-order chi connectivity index (χ0) is 25.1. The van der Waals surface area contributed by atoms with Crippen molar-refractivity contribution in [1.82, 2.24) is 9.55 Å². The second-order valence-corrected chi connectivity index (χ2v) is 9.65. The summed E-state index contributed by atoms with van der Waals surface area (Å²) in [6.45, 7) is 0. The molecule has 0 unspecified atom stereocenters. The molecule has 1 aliphatic heterocycles. The maximum Gasteiger partial charge on any atom is 0.145 e. The van der Waals surface area contributed by atoms with Gasteiger partial charge in [0.2, 0.25) is 0 Å². The highest BCUT2D eigenvalue weighted by atomic mass is 16.5. The topological polar surface area (TPSA) is 27.1 Å². The van der Waals surface area contributed by atoms with Crippen LogP contribution in [0.5, 0.6) is 11.5 Å². The maximum atomic E-state index is 6.43. The molecular formula is C35H22N2O. The third kappa shape index (κ3) is 3.19. The Hall–Kier alpha value is -5.15. The number of hydrogen-bond donors (Lipinski definition) is 0. The number of aromatic nitrogens is 2. The van der Waals surface area contributed by atoms with E-state index in [0.29, 0.717) is 0 Å². The quantitative estimate of drug-likeness (QED) is 0.249. The molecule has 6 aromatic carbocycles. The lowest BCUT2D eigenvalue weighted by Crippen LogP contribution is -1.99. The van der Waals surface area contributed by atoms with E-state index in [-0.39, 0.29) is 0 Å². The van der Waals surface area contributed by atoms with Crippen molar-refractivity contribution < 1.29 is 4.74 Å². The van der Waals surface area contributed by atoms with Crippen molar-refractivity contribution in [2.75, 3.05) is 0 Å². The van der Waals surface area contributed by atoms with Gasteiger partial charge in [-0.3, -0.25) is 4.57 Å². The Morgan fingerprint density at radius 2 is 1.29 bits per heavy atom. The standard InChI is InChI=1S/C35H22N2O/c1-2-9-24(10-3-1)35-36-30-16-4-5-17-31(30)37(35)27-14-6-13-25(21-27)26-19-20-28-29-15-7-11-23-12-8-18-32(34(23)29)38-33(28)22-26/h1-22H. The summed E-state index contributed by atoms with van der Waals surface area (Å²) >= 11 is 0. The number of nitrogens with zero attached hydrogens (tertiary/aromatic N) is 2. The van der Waals surface area contributed by atoms with E-state index < -0.39 is 0 Å². The number of para-hydroxylation sites is 2. The maximum absolute atomic E-state index is 6.43. The van der Waals surface area contributed by atoms with Crippen molar-refractivity contribution in [3.8, 4) is 50.8 Å². The van der Waals surface area contributed by atoms with Gasteiger partial charge in [-0.2, -0.15) is 0 Å². The van der Waals surface area contributed by atoms with Crippen LogP contribution in [0, 0.1) is 0 Å². The zero-order valence-corrected chi connectivity index (χ0v) is 20.5. The van der Waals surface area contributed by atoms with E-state index in [1.807, 2.05) is 12.1 Å². The molecule has 0 atom stereocenters. The molecule has 3 nitrogen and oxygen atoms in total. The first kappa shape index (κ1) is 21.0. The summed E-state index contributed by atoms with van der Waals surface area (Å²) in [6.07, 6.45) is 0. The number of benzene rings is 6. The molecule has 0 N–H and O–H groups in total. The molecule has 178 valence electrons. The SMILES string of the molecule is c1ccc(-c2nc3ccccc3n2-c2cccc(-c3ccc4c(c3)Oc3cccc5cccc-4c35)c2)cc1. The highest BCUT2D eigenvalue weighted by molar-refractivity contribution is 6.04. The Kier molecular flexibility index (Phi) is 4.52. The van der Waals surface area contributed by atoms with Crippen LogP contribution in [0.15, 0.2) is 133 Å². The van der Waals surface area contributed by atoms with Crippen LogP contribution in [0.1, 0.15) is 0 Å². The van der Waals surface area contributed by atoms with Gasteiger partial charge in [0.25, 0.3) is 0 Å². The summed E-state index contributed by atoms with van der Waals surface area (Å²) in [5, 5.41) is 2.38. The highest BCUT2D eigenvalue weighted by Gasteiger charge is 2.20. The molecule has 0 amide bonds. The average molecular weight is 487 g/mol. The molecule has 1 aliphatic rings. The van der Waals surface area contributed by atoms with E-state index in [4.69, 9.17) is 9.72 Å². The molecule has 7 aromatic rings. The van der Waals surface area contributed by atoms with Crippen LogP contribution in [-0.2, 0) is 0 Å². The van der Waals surface area contributed by atoms with Gasteiger partial charge in [-0.25, -0.2) is 4.98 Å². The smallest absolute Gasteiger partial charge is 0.145 e. The van der Waals surface area contributed by atoms with Crippen LogP contribution in [0.2, 0.25) is 0 Å². The Bertz CT molecular complexity index is 2000. The second kappa shape index (κ2) is 8.19. The van der Waals surface area contributed by atoms with Gasteiger partial charge >= 0.3 is 0 Å². The van der Waals surface area contributed by atoms with Crippen molar-refractivity contribution in [3.05, 3.63) is 133 Å². The summed E-state index contributed by atoms with van der Waals surface area (Å²) in [5.74, 6) is 2.73. The Morgan fingerprint density at radius 3 is 2.21 bits per heavy atom. The number of rotatable bonds is 3. The lowest BCUT2D eigenvalue weighted by atomic mass is 9.93. The lowest BCUT2D eigenvalue weighted by molar-refractivity contribution is 0.487. The predicted molar refractivity (Wildman–Crippen MR) is 155 cm³/mol. The third-order valence-corrected chi connectivity index (χ3v) is 7.39. The van der Waals surface area contributed by atoms with Crippen molar-refractivity contribution in [2.24, 2.45) is 0 Å². The molecule has 8 rings (SSSR count). The predicted octanol–water partition coefficient (Wildman–Crippen LogP) is 9.29. The highest BCUT2D eigenvalue weighted by Crippen LogP contribution is 2.47. The second-order valence-electron chi connectivity index (χ2n) is 9.65. The minimum Gasteiger partial charge on any atom is -0.456 e. The van der Waals surface area contributed by atoms with E-state index in [9.17, 15) is 0 Å². The minimum atomic E-state index is 0.886. The summed E-state index contributed by atoms with van der Waals surface area (Å²) in [6, 6.07) is 46.6. The van der Waals surface area contributed by atoms with Crippen molar-refractivity contribution in [2.45, 2.75) is 0 Å². The summed E-state index contributed by atoms with van der Waals surface area (Å²) in [4.78, 5) is 5.00. The van der Waals surface area contributed by atoms with Gasteiger partial charge in [0.15, 0.2) is 0 Å². The van der Waals surface area contributed by atoms with Gasteiger partial charge in [-0.1, -0.05) is 91.0 Å². The summed E-state index contributed by atoms with van der Waals surface area (Å²) in [5.41, 5.74) is 8.81. The van der Waals surface area contributed by atoms with Crippen molar-refractivity contribution >= 4 is 21.8 Å². The van der Waals surface area contributed by atoms with E-state index in [0.717, 1.165) is 56.3 Å². The molecule has 0 bridgehead atoms. The lowest BCUT2D eigenvalue weighted by Gasteiger charge is -2.22. The van der Waals surface area contributed by atoms with Gasteiger partial charge in [-0.15, -0.1) is 0 Å². The van der Waals surface area contributed by atoms with E-state index >= 15 is 0 Å². The molecule has 1 aromatic heterocycles. The fourth-order valence-electron chi connectivity index (χ4n) is 5.64. The molecule has 0 saturated heterocycles. The van der Waals surface area contributed by atoms with Gasteiger partial charge < -0.3 is 4.74 Å². The number of fused-ring (bicyclic) bond motifs is 3. The largest absolute Gasteiger partial charge is 0.456 e. The van der Waals surface area contributed by atoms with Gasteiger partial charge in [-0.05, 0) is 64.5 Å². The molecule has 0 radical (unpaired) electrons. The van der Waals surface area contributed by atoms with Gasteiger partial charge in [0, 0.05) is 22.2 Å². The molecule has 0 saturated carbocycles. The van der Waals surface area contributed by atoms with E-state index in [1.54, 1.807) is 0 Å². The van der Waals surface area contributed by atoms with Crippen molar-refractivity contribution in [1.29, 1.82) is 0 Å². The van der Waals surface area contributed by atoms with Crippen LogP contribution >= 0.6 is 0 Å².